The van der Waals surface area contributed by atoms with E-state index in [1.54, 1.807) is 32.2 Å². The van der Waals surface area contributed by atoms with Crippen molar-refractivity contribution < 1.29 is 18.9 Å². The van der Waals surface area contributed by atoms with Gasteiger partial charge in [0.1, 0.15) is 23.8 Å². The van der Waals surface area contributed by atoms with Crippen LogP contribution in [0.4, 0.5) is 5.82 Å². The van der Waals surface area contributed by atoms with Crippen molar-refractivity contribution in [1.82, 2.24) is 19.5 Å². The first-order chi connectivity index (χ1) is 11.1. The predicted octanol–water partition coefficient (Wildman–Crippen LogP) is 0.636. The molecule has 10 heteroatoms. The maximum atomic E-state index is 6.04. The number of hydrogen-bond acceptors (Lipinski definition) is 8. The zero-order chi connectivity index (χ0) is 16.6. The molecule has 1 aliphatic rings. The molecular weight excluding hydrogens is 326 g/mol. The molecule has 0 saturated carbocycles. The lowest BCUT2D eigenvalue weighted by atomic mass is 10.1. The number of methoxy groups -OCH3 is 3. The fourth-order valence-electron chi connectivity index (χ4n) is 2.86. The van der Waals surface area contributed by atoms with Crippen LogP contribution in [0.25, 0.3) is 11.2 Å². The van der Waals surface area contributed by atoms with Gasteiger partial charge in [-0.05, 0) is 11.6 Å². The number of halogens is 1. The second kappa shape index (κ2) is 6.54. The third-order valence-corrected chi connectivity index (χ3v) is 4.03. The first-order valence-electron chi connectivity index (χ1n) is 6.96. The largest absolute Gasteiger partial charge is 0.382 e. The first kappa shape index (κ1) is 16.3. The van der Waals surface area contributed by atoms with Crippen molar-refractivity contribution in [3.05, 3.63) is 11.6 Å². The molecule has 4 atom stereocenters. The molecule has 0 aromatic carbocycles. The van der Waals surface area contributed by atoms with Gasteiger partial charge in [0.05, 0.1) is 12.9 Å². The van der Waals surface area contributed by atoms with Crippen molar-refractivity contribution in [2.75, 3.05) is 33.7 Å². The number of fused-ring (bicyclic) bond motifs is 1. The van der Waals surface area contributed by atoms with Gasteiger partial charge in [-0.1, -0.05) is 0 Å². The minimum atomic E-state index is -0.500. The quantitative estimate of drug-likeness (QED) is 0.788. The van der Waals surface area contributed by atoms with Crippen LogP contribution in [0.2, 0.25) is 5.28 Å². The lowest BCUT2D eigenvalue weighted by Crippen LogP contribution is -2.36. The molecule has 0 unspecified atom stereocenters. The zero-order valence-corrected chi connectivity index (χ0v) is 13.7. The monoisotopic (exact) mass is 343 g/mol. The van der Waals surface area contributed by atoms with Gasteiger partial charge in [-0.2, -0.15) is 9.97 Å². The van der Waals surface area contributed by atoms with Gasteiger partial charge < -0.3 is 24.7 Å². The maximum absolute atomic E-state index is 6.04. The normalized spacial score (nSPS) is 27.8. The van der Waals surface area contributed by atoms with Gasteiger partial charge in [-0.15, -0.1) is 0 Å². The summed E-state index contributed by atoms with van der Waals surface area (Å²) in [5.74, 6) is 0.211. The van der Waals surface area contributed by atoms with Crippen LogP contribution in [0.1, 0.15) is 6.23 Å². The number of rotatable bonds is 5. The van der Waals surface area contributed by atoms with Crippen LogP contribution in [-0.2, 0) is 18.9 Å². The molecule has 2 N–H and O–H groups in total. The molecule has 2 aromatic heterocycles. The van der Waals surface area contributed by atoms with E-state index in [0.29, 0.717) is 17.8 Å². The van der Waals surface area contributed by atoms with Crippen molar-refractivity contribution in [3.8, 4) is 0 Å². The van der Waals surface area contributed by atoms with E-state index in [4.69, 9.17) is 36.3 Å². The van der Waals surface area contributed by atoms with Crippen molar-refractivity contribution in [2.45, 2.75) is 24.5 Å². The number of aromatic nitrogens is 4. The Morgan fingerprint density at radius 2 is 2.00 bits per heavy atom. The van der Waals surface area contributed by atoms with Crippen molar-refractivity contribution in [2.24, 2.45) is 0 Å². The number of nitrogens with zero attached hydrogens (tertiary/aromatic N) is 4. The minimum absolute atomic E-state index is 0.0421. The number of anilines is 1. The standard InChI is InChI=1S/C13H18ClN5O4/c1-20-4-6-8(21-2)9(22-3)12(23-6)19-5-16-7-10(15)17-13(14)18-11(7)19/h5-6,8-9,12H,4H2,1-3H3,(H2,15,17,18)/t6-,8-,9-,12-/m1/s1. The lowest BCUT2D eigenvalue weighted by molar-refractivity contribution is -0.0636. The number of nitrogen functional groups attached to an aromatic ring is 1. The van der Waals surface area contributed by atoms with E-state index >= 15 is 0 Å². The van der Waals surface area contributed by atoms with Crippen LogP contribution in [-0.4, -0.2) is 65.8 Å². The van der Waals surface area contributed by atoms with Crippen LogP contribution in [0.15, 0.2) is 6.33 Å². The van der Waals surface area contributed by atoms with Crippen LogP contribution >= 0.6 is 11.6 Å². The van der Waals surface area contributed by atoms with Gasteiger partial charge in [0, 0.05) is 21.3 Å². The molecule has 23 heavy (non-hydrogen) atoms. The van der Waals surface area contributed by atoms with Crippen LogP contribution < -0.4 is 5.73 Å². The minimum Gasteiger partial charge on any atom is -0.382 e. The summed E-state index contributed by atoms with van der Waals surface area (Å²) in [5.41, 5.74) is 6.77. The zero-order valence-electron chi connectivity index (χ0n) is 13.0. The highest BCUT2D eigenvalue weighted by Crippen LogP contribution is 2.35. The smallest absolute Gasteiger partial charge is 0.226 e. The third-order valence-electron chi connectivity index (χ3n) is 3.86. The molecule has 1 saturated heterocycles. The van der Waals surface area contributed by atoms with Gasteiger partial charge in [0.25, 0.3) is 0 Å². The third kappa shape index (κ3) is 2.74. The summed E-state index contributed by atoms with van der Waals surface area (Å²) in [6.07, 6.45) is 0.127. The summed E-state index contributed by atoms with van der Waals surface area (Å²) < 4.78 is 24.0. The fraction of sp³-hybridized carbons (Fsp3) is 0.615. The van der Waals surface area contributed by atoms with E-state index in [2.05, 4.69) is 15.0 Å². The molecule has 1 fully saturated rings. The van der Waals surface area contributed by atoms with Gasteiger partial charge in [-0.3, -0.25) is 4.57 Å². The Hall–Kier alpha value is -1.52. The van der Waals surface area contributed by atoms with E-state index in [0.717, 1.165) is 0 Å². The molecule has 0 amide bonds. The Morgan fingerprint density at radius 3 is 2.65 bits per heavy atom. The SMILES string of the molecule is COC[C@H]1O[C@@H](n2cnc3c(N)nc(Cl)nc32)[C@H](OC)[C@@H]1OC. The lowest BCUT2D eigenvalue weighted by Gasteiger charge is -2.22. The van der Waals surface area contributed by atoms with Crippen molar-refractivity contribution >= 4 is 28.6 Å². The van der Waals surface area contributed by atoms with Gasteiger partial charge in [-0.25, -0.2) is 4.98 Å². The van der Waals surface area contributed by atoms with E-state index in [-0.39, 0.29) is 29.4 Å². The molecule has 2 aromatic rings. The average molecular weight is 344 g/mol. The average Bonchev–Trinajstić information content (AvgIpc) is 3.08. The highest BCUT2D eigenvalue weighted by molar-refractivity contribution is 6.28. The van der Waals surface area contributed by atoms with Crippen LogP contribution in [0, 0.1) is 0 Å². The molecule has 1 aliphatic heterocycles. The Bertz CT molecular complexity index is 696. The van der Waals surface area contributed by atoms with Crippen LogP contribution in [0.5, 0.6) is 0 Å². The number of imidazole rings is 1. The van der Waals surface area contributed by atoms with E-state index < -0.39 is 6.23 Å². The van der Waals surface area contributed by atoms with Crippen molar-refractivity contribution in [1.29, 1.82) is 0 Å². The molecule has 9 nitrogen and oxygen atoms in total. The molecule has 3 heterocycles. The highest BCUT2D eigenvalue weighted by Gasteiger charge is 2.46. The number of hydrogen-bond donors (Lipinski definition) is 1. The predicted molar refractivity (Wildman–Crippen MR) is 82.1 cm³/mol. The van der Waals surface area contributed by atoms with Gasteiger partial charge in [0.2, 0.25) is 5.28 Å². The Labute approximate surface area is 137 Å². The summed E-state index contributed by atoms with van der Waals surface area (Å²) in [4.78, 5) is 12.3. The van der Waals surface area contributed by atoms with E-state index in [9.17, 15) is 0 Å². The van der Waals surface area contributed by atoms with E-state index in [1.165, 1.54) is 0 Å². The summed E-state index contributed by atoms with van der Waals surface area (Å²) in [7, 11) is 4.80. The molecule has 0 radical (unpaired) electrons. The molecular formula is C13H18ClN5O4. The highest BCUT2D eigenvalue weighted by atomic mass is 35.5. The molecule has 0 aliphatic carbocycles. The summed E-state index contributed by atoms with van der Waals surface area (Å²) in [6, 6.07) is 0. The fourth-order valence-corrected chi connectivity index (χ4v) is 3.03. The Kier molecular flexibility index (Phi) is 4.64. The number of nitrogens with two attached hydrogens (primary N) is 1. The first-order valence-corrected chi connectivity index (χ1v) is 7.34. The molecule has 3 rings (SSSR count). The summed E-state index contributed by atoms with van der Waals surface area (Å²) in [6.45, 7) is 0.374. The van der Waals surface area contributed by atoms with Gasteiger partial charge in [0.15, 0.2) is 17.7 Å². The van der Waals surface area contributed by atoms with Crippen molar-refractivity contribution in [3.63, 3.8) is 0 Å². The Morgan fingerprint density at radius 1 is 1.26 bits per heavy atom. The van der Waals surface area contributed by atoms with Gasteiger partial charge >= 0.3 is 0 Å². The second-order valence-corrected chi connectivity index (χ2v) is 5.46. The maximum Gasteiger partial charge on any atom is 0.226 e. The second-order valence-electron chi connectivity index (χ2n) is 5.12. The van der Waals surface area contributed by atoms with E-state index in [1.807, 2.05) is 0 Å². The summed E-state index contributed by atoms with van der Waals surface area (Å²) >= 11 is 5.90. The van der Waals surface area contributed by atoms with Crippen LogP contribution in [0.3, 0.4) is 0 Å². The topological polar surface area (TPSA) is 107 Å². The summed E-state index contributed by atoms with van der Waals surface area (Å²) in [5, 5.41) is 0.0421. The Balaban J connectivity index is 2.03. The molecule has 0 bridgehead atoms. The number of ether oxygens (including phenoxy) is 4. The molecule has 126 valence electrons. The molecule has 0 spiro atoms.